The van der Waals surface area contributed by atoms with Gasteiger partial charge in [-0.25, -0.2) is 0 Å². The molecule has 0 amide bonds. The zero-order chi connectivity index (χ0) is 18.7. The molecule has 1 aromatic carbocycles. The Kier molecular flexibility index (Phi) is 6.49. The molecule has 3 unspecified atom stereocenters. The predicted molar refractivity (Wildman–Crippen MR) is 99.0 cm³/mol. The number of rotatable bonds is 5. The van der Waals surface area contributed by atoms with Crippen LogP contribution in [0.5, 0.6) is 5.75 Å². The third-order valence-electron chi connectivity index (χ3n) is 5.36. The van der Waals surface area contributed by atoms with Gasteiger partial charge in [0.2, 0.25) is 0 Å². The van der Waals surface area contributed by atoms with Crippen molar-refractivity contribution in [1.82, 2.24) is 0 Å². The number of esters is 1. The van der Waals surface area contributed by atoms with Crippen LogP contribution in [-0.4, -0.2) is 18.2 Å². The summed E-state index contributed by atoms with van der Waals surface area (Å²) in [6, 6.07) is 7.51. The van der Waals surface area contributed by atoms with Crippen LogP contribution in [0.1, 0.15) is 66.4 Å². The summed E-state index contributed by atoms with van der Waals surface area (Å²) in [4.78, 5) is 12.1. The first kappa shape index (κ1) is 20.5. The summed E-state index contributed by atoms with van der Waals surface area (Å²) < 4.78 is 4.96. The fourth-order valence-corrected chi connectivity index (χ4v) is 3.38. The first-order valence-corrected chi connectivity index (χ1v) is 8.74. The number of aromatic hydroxyl groups is 1. The Labute approximate surface area is 147 Å². The maximum atomic E-state index is 12.1. The van der Waals surface area contributed by atoms with Gasteiger partial charge in [-0.2, -0.15) is 0 Å². The Hall–Kier alpha value is -1.51. The number of carbonyl (C=O) groups is 1. The summed E-state index contributed by atoms with van der Waals surface area (Å²) in [7, 11) is 1.43. The topological polar surface area (TPSA) is 46.5 Å². The van der Waals surface area contributed by atoms with E-state index in [1.165, 1.54) is 7.11 Å². The van der Waals surface area contributed by atoms with Gasteiger partial charge >= 0.3 is 5.97 Å². The molecule has 3 nitrogen and oxygen atoms in total. The highest BCUT2D eigenvalue weighted by Gasteiger charge is 2.42. The standard InChI is InChI=1S/C21H34O3/c1-14(20(2,3)4)19(15-11-9-10-12-17(15)22)16(21(5,6)7)13-18(23)24-8/h9-12,14,16,19,22H,13H2,1-8H3. The molecule has 24 heavy (non-hydrogen) atoms. The third kappa shape index (κ3) is 4.99. The highest BCUT2D eigenvalue weighted by atomic mass is 16.5. The molecule has 1 rings (SSSR count). The average Bonchev–Trinajstić information content (AvgIpc) is 2.45. The van der Waals surface area contributed by atoms with Gasteiger partial charge in [-0.15, -0.1) is 0 Å². The lowest BCUT2D eigenvalue weighted by atomic mass is 9.60. The summed E-state index contributed by atoms with van der Waals surface area (Å²) >= 11 is 0. The van der Waals surface area contributed by atoms with Gasteiger partial charge in [-0.05, 0) is 40.2 Å². The van der Waals surface area contributed by atoms with E-state index in [0.717, 1.165) is 5.56 Å². The van der Waals surface area contributed by atoms with Crippen molar-refractivity contribution in [1.29, 1.82) is 0 Å². The van der Waals surface area contributed by atoms with Crippen LogP contribution in [0.2, 0.25) is 0 Å². The summed E-state index contributed by atoms with van der Waals surface area (Å²) in [5, 5.41) is 10.5. The lowest BCUT2D eigenvalue weighted by molar-refractivity contribution is -0.143. The lowest BCUT2D eigenvalue weighted by Gasteiger charge is -2.44. The summed E-state index contributed by atoms with van der Waals surface area (Å²) in [6.07, 6.45) is 0.347. The lowest BCUT2D eigenvalue weighted by Crippen LogP contribution is -2.37. The quantitative estimate of drug-likeness (QED) is 0.735. The van der Waals surface area contributed by atoms with E-state index in [1.807, 2.05) is 18.2 Å². The number of phenolic OH excluding ortho intramolecular Hbond substituents is 1. The van der Waals surface area contributed by atoms with Crippen molar-refractivity contribution in [3.05, 3.63) is 29.8 Å². The molecule has 1 aromatic rings. The molecule has 0 bridgehead atoms. The first-order chi connectivity index (χ1) is 10.9. The van der Waals surface area contributed by atoms with E-state index in [2.05, 4.69) is 48.5 Å². The van der Waals surface area contributed by atoms with Crippen LogP contribution in [0.3, 0.4) is 0 Å². The van der Waals surface area contributed by atoms with Crippen molar-refractivity contribution in [2.24, 2.45) is 22.7 Å². The number of ether oxygens (including phenoxy) is 1. The largest absolute Gasteiger partial charge is 0.508 e. The molecule has 3 atom stereocenters. The molecule has 0 radical (unpaired) electrons. The summed E-state index contributed by atoms with van der Waals surface area (Å²) in [5.74, 6) is 0.506. The minimum absolute atomic E-state index is 0.0482. The van der Waals surface area contributed by atoms with Crippen molar-refractivity contribution < 1.29 is 14.6 Å². The molecule has 0 aromatic heterocycles. The SMILES string of the molecule is COC(=O)CC(C(c1ccccc1O)C(C)C(C)(C)C)C(C)(C)C. The molecule has 0 saturated heterocycles. The van der Waals surface area contributed by atoms with Crippen LogP contribution in [0.15, 0.2) is 24.3 Å². The van der Waals surface area contributed by atoms with E-state index < -0.39 is 0 Å². The second-order valence-electron chi connectivity index (χ2n) is 8.99. The minimum Gasteiger partial charge on any atom is -0.508 e. The molecule has 0 saturated carbocycles. The van der Waals surface area contributed by atoms with Gasteiger partial charge in [0.15, 0.2) is 0 Å². The molecular weight excluding hydrogens is 300 g/mol. The number of hydrogen-bond donors (Lipinski definition) is 1. The van der Waals surface area contributed by atoms with E-state index in [0.29, 0.717) is 12.2 Å². The van der Waals surface area contributed by atoms with Crippen LogP contribution >= 0.6 is 0 Å². The summed E-state index contributed by atoms with van der Waals surface area (Å²) in [5.41, 5.74) is 0.872. The molecule has 136 valence electrons. The van der Waals surface area contributed by atoms with Crippen LogP contribution in [0.25, 0.3) is 0 Å². The van der Waals surface area contributed by atoms with Crippen molar-refractivity contribution in [2.45, 2.75) is 60.8 Å². The highest BCUT2D eigenvalue weighted by molar-refractivity contribution is 5.69. The van der Waals surface area contributed by atoms with Gasteiger partial charge in [-0.1, -0.05) is 66.7 Å². The van der Waals surface area contributed by atoms with Crippen LogP contribution in [0, 0.1) is 22.7 Å². The maximum Gasteiger partial charge on any atom is 0.305 e. The molecule has 1 N–H and O–H groups in total. The normalized spacial score (nSPS) is 16.3. The second kappa shape index (κ2) is 7.58. The molecule has 0 fully saturated rings. The smallest absolute Gasteiger partial charge is 0.305 e. The molecule has 0 aliphatic carbocycles. The Balaban J connectivity index is 3.48. The number of methoxy groups -OCH3 is 1. The minimum atomic E-state index is -0.198. The number of carbonyl (C=O) groups excluding carboxylic acids is 1. The Morgan fingerprint density at radius 1 is 1.08 bits per heavy atom. The Bertz CT molecular complexity index is 549. The van der Waals surface area contributed by atoms with E-state index in [1.54, 1.807) is 6.07 Å². The Morgan fingerprint density at radius 3 is 2.04 bits per heavy atom. The van der Waals surface area contributed by atoms with E-state index in [-0.39, 0.29) is 34.6 Å². The van der Waals surface area contributed by atoms with Crippen LogP contribution in [-0.2, 0) is 9.53 Å². The fraction of sp³-hybridized carbons (Fsp3) is 0.667. The average molecular weight is 335 g/mol. The van der Waals surface area contributed by atoms with Gasteiger partial charge < -0.3 is 9.84 Å². The number of phenols is 1. The monoisotopic (exact) mass is 334 g/mol. The molecule has 0 heterocycles. The number of para-hydroxylation sites is 1. The zero-order valence-corrected chi connectivity index (χ0v) is 16.5. The zero-order valence-electron chi connectivity index (χ0n) is 16.5. The maximum absolute atomic E-state index is 12.1. The van der Waals surface area contributed by atoms with Gasteiger partial charge in [0, 0.05) is 6.42 Å². The van der Waals surface area contributed by atoms with Crippen molar-refractivity contribution in [3.8, 4) is 5.75 Å². The Morgan fingerprint density at radius 2 is 1.62 bits per heavy atom. The van der Waals surface area contributed by atoms with Gasteiger partial charge in [0.25, 0.3) is 0 Å². The van der Waals surface area contributed by atoms with Gasteiger partial charge in [0.1, 0.15) is 5.75 Å². The number of benzene rings is 1. The summed E-state index contributed by atoms with van der Waals surface area (Å²) in [6.45, 7) is 15.3. The molecule has 0 aliphatic rings. The van der Waals surface area contributed by atoms with Crippen molar-refractivity contribution in [2.75, 3.05) is 7.11 Å². The van der Waals surface area contributed by atoms with Gasteiger partial charge in [-0.3, -0.25) is 4.79 Å². The highest BCUT2D eigenvalue weighted by Crippen LogP contribution is 2.50. The predicted octanol–water partition coefficient (Wildman–Crippen LogP) is 5.38. The van der Waals surface area contributed by atoms with Crippen LogP contribution in [0.4, 0.5) is 0 Å². The molecule has 3 heteroatoms. The molecule has 0 aliphatic heterocycles. The van der Waals surface area contributed by atoms with Crippen LogP contribution < -0.4 is 0 Å². The third-order valence-corrected chi connectivity index (χ3v) is 5.36. The van der Waals surface area contributed by atoms with Crippen molar-refractivity contribution >= 4 is 5.97 Å². The second-order valence-corrected chi connectivity index (χ2v) is 8.99. The molecule has 0 spiro atoms. The molecular formula is C21H34O3. The van der Waals surface area contributed by atoms with Crippen molar-refractivity contribution in [3.63, 3.8) is 0 Å². The van der Waals surface area contributed by atoms with E-state index >= 15 is 0 Å². The first-order valence-electron chi connectivity index (χ1n) is 8.74. The van der Waals surface area contributed by atoms with E-state index in [4.69, 9.17) is 4.74 Å². The van der Waals surface area contributed by atoms with E-state index in [9.17, 15) is 9.90 Å². The number of hydrogen-bond acceptors (Lipinski definition) is 3. The van der Waals surface area contributed by atoms with Gasteiger partial charge in [0.05, 0.1) is 7.11 Å². The fourth-order valence-electron chi connectivity index (χ4n) is 3.38.